The summed E-state index contributed by atoms with van der Waals surface area (Å²) < 4.78 is 10.2. The van der Waals surface area contributed by atoms with Gasteiger partial charge in [-0.3, -0.25) is 4.79 Å². The van der Waals surface area contributed by atoms with Crippen molar-refractivity contribution >= 4 is 11.8 Å². The molecule has 1 aliphatic carbocycles. The Morgan fingerprint density at radius 1 is 1.25 bits per heavy atom. The Labute approximate surface area is 138 Å². The fourth-order valence-corrected chi connectivity index (χ4v) is 3.32. The summed E-state index contributed by atoms with van der Waals surface area (Å²) in [6.45, 7) is 3.99. The van der Waals surface area contributed by atoms with Crippen LogP contribution in [0, 0.1) is 0 Å². The van der Waals surface area contributed by atoms with Crippen LogP contribution in [0.15, 0.2) is 35.5 Å². The number of carbonyl (C=O) groups is 2. The van der Waals surface area contributed by atoms with Crippen LogP contribution < -0.4 is 5.32 Å². The maximum absolute atomic E-state index is 12.7. The van der Waals surface area contributed by atoms with E-state index in [-0.39, 0.29) is 35.6 Å². The maximum Gasteiger partial charge on any atom is 0.339 e. The minimum atomic E-state index is -2.41. The van der Waals surface area contributed by atoms with Gasteiger partial charge in [0.2, 0.25) is 17.1 Å². The first kappa shape index (κ1) is 16.6. The molecule has 7 nitrogen and oxygen atoms in total. The molecule has 3 rings (SSSR count). The summed E-state index contributed by atoms with van der Waals surface area (Å²) >= 11 is 0. The average Bonchev–Trinajstić information content (AvgIpc) is 2.87. The average molecular weight is 333 g/mol. The summed E-state index contributed by atoms with van der Waals surface area (Å²) in [5, 5.41) is 24.7. The zero-order chi connectivity index (χ0) is 17.5. The van der Waals surface area contributed by atoms with Crippen LogP contribution in [0.25, 0.3) is 0 Å². The number of hydrogen-bond acceptors (Lipinski definition) is 7. The van der Waals surface area contributed by atoms with Gasteiger partial charge < -0.3 is 25.0 Å². The third-order valence-electron chi connectivity index (χ3n) is 4.39. The van der Waals surface area contributed by atoms with Crippen LogP contribution in [0.5, 0.6) is 0 Å². The molecular weight excluding hydrogens is 314 g/mol. The number of ether oxygens (including phenoxy) is 2. The lowest BCUT2D eigenvalue weighted by molar-refractivity contribution is -0.148. The zero-order valence-electron chi connectivity index (χ0n) is 13.5. The first-order valence-corrected chi connectivity index (χ1v) is 7.71. The number of rotatable bonds is 5. The van der Waals surface area contributed by atoms with Crippen molar-refractivity contribution in [3.63, 3.8) is 0 Å². The third-order valence-corrected chi connectivity index (χ3v) is 4.39. The van der Waals surface area contributed by atoms with Gasteiger partial charge in [0.05, 0.1) is 6.61 Å². The topological polar surface area (TPSA) is 105 Å². The molecule has 0 radical (unpaired) electrons. The van der Waals surface area contributed by atoms with Gasteiger partial charge in [-0.05, 0) is 13.8 Å². The molecule has 1 aromatic rings. The Kier molecular flexibility index (Phi) is 3.95. The highest BCUT2D eigenvalue weighted by Gasteiger charge is 2.70. The second kappa shape index (κ2) is 5.70. The highest BCUT2D eigenvalue weighted by atomic mass is 16.6. The molecule has 1 aromatic carbocycles. The van der Waals surface area contributed by atoms with Gasteiger partial charge >= 0.3 is 5.97 Å². The molecule has 7 heteroatoms. The van der Waals surface area contributed by atoms with Crippen molar-refractivity contribution in [3.8, 4) is 0 Å². The van der Waals surface area contributed by atoms with Gasteiger partial charge in [0, 0.05) is 23.4 Å². The van der Waals surface area contributed by atoms with Crippen LogP contribution in [0.2, 0.25) is 0 Å². The molecular formula is C17H19NO6. The predicted octanol–water partition coefficient (Wildman–Crippen LogP) is 0.216. The van der Waals surface area contributed by atoms with Crippen molar-refractivity contribution in [3.05, 3.63) is 46.7 Å². The van der Waals surface area contributed by atoms with Gasteiger partial charge in [0.15, 0.2) is 0 Å². The lowest BCUT2D eigenvalue weighted by Crippen LogP contribution is -2.56. The fraction of sp³-hybridized carbons (Fsp3) is 0.412. The van der Waals surface area contributed by atoms with E-state index in [1.165, 1.54) is 19.1 Å². The monoisotopic (exact) mass is 333 g/mol. The van der Waals surface area contributed by atoms with E-state index in [1.54, 1.807) is 12.1 Å². The van der Waals surface area contributed by atoms with E-state index in [1.807, 2.05) is 6.92 Å². The number of nitrogens with one attached hydrogen (secondary N) is 1. The van der Waals surface area contributed by atoms with Gasteiger partial charge in [-0.25, -0.2) is 4.79 Å². The molecule has 0 bridgehead atoms. The van der Waals surface area contributed by atoms with Crippen LogP contribution in [0.4, 0.5) is 0 Å². The van der Waals surface area contributed by atoms with E-state index < -0.39 is 23.1 Å². The number of carbonyl (C=O) groups excluding carboxylic acids is 2. The molecule has 0 spiro atoms. The molecule has 1 heterocycles. The minimum absolute atomic E-state index is 0.0148. The van der Waals surface area contributed by atoms with Gasteiger partial charge in [0.25, 0.3) is 0 Å². The highest BCUT2D eigenvalue weighted by Crippen LogP contribution is 2.51. The number of aliphatic hydroxyl groups is 2. The lowest BCUT2D eigenvalue weighted by atomic mass is 9.85. The van der Waals surface area contributed by atoms with E-state index in [0.29, 0.717) is 6.61 Å². The van der Waals surface area contributed by atoms with Crippen molar-refractivity contribution < 1.29 is 29.3 Å². The second-order valence-corrected chi connectivity index (χ2v) is 5.75. The van der Waals surface area contributed by atoms with Gasteiger partial charge in [-0.1, -0.05) is 24.3 Å². The van der Waals surface area contributed by atoms with Crippen LogP contribution in [0.3, 0.4) is 0 Å². The molecule has 0 aromatic heterocycles. The molecule has 0 amide bonds. The molecule has 24 heavy (non-hydrogen) atoms. The smallest absolute Gasteiger partial charge is 0.339 e. The predicted molar refractivity (Wildman–Crippen MR) is 82.9 cm³/mol. The summed E-state index contributed by atoms with van der Waals surface area (Å²) in [5.74, 6) is -1.60. The van der Waals surface area contributed by atoms with Crippen molar-refractivity contribution in [1.82, 2.24) is 5.32 Å². The highest BCUT2D eigenvalue weighted by molar-refractivity contribution is 6.16. The minimum Gasteiger partial charge on any atom is -0.460 e. The SMILES string of the molecule is CCOCCOC(=O)C1=C(C)N[C@@]2(O)c3ccccc3C(=O)[C@@]12O. The Balaban J connectivity index is 1.95. The van der Waals surface area contributed by atoms with Crippen molar-refractivity contribution in [2.75, 3.05) is 19.8 Å². The van der Waals surface area contributed by atoms with Gasteiger partial charge in [-0.15, -0.1) is 0 Å². The van der Waals surface area contributed by atoms with Crippen LogP contribution >= 0.6 is 0 Å². The molecule has 0 unspecified atom stereocenters. The molecule has 2 aliphatic rings. The maximum atomic E-state index is 12.7. The third kappa shape index (κ3) is 2.02. The Morgan fingerprint density at radius 3 is 2.67 bits per heavy atom. The van der Waals surface area contributed by atoms with E-state index in [4.69, 9.17) is 9.47 Å². The Morgan fingerprint density at radius 2 is 1.96 bits per heavy atom. The number of hydrogen-bond donors (Lipinski definition) is 3. The molecule has 0 fully saturated rings. The standard InChI is InChI=1S/C17H19NO6/c1-3-23-8-9-24-15(20)13-10(2)18-17(22)12-7-5-4-6-11(12)14(19)16(13,17)21/h4-7,18,21-22H,3,8-9H2,1-2H3/t16-,17+/m0/s1. The summed E-state index contributed by atoms with van der Waals surface area (Å²) in [5.41, 5.74) is -4.18. The van der Waals surface area contributed by atoms with Gasteiger partial charge in [-0.2, -0.15) is 0 Å². The lowest BCUT2D eigenvalue weighted by Gasteiger charge is -2.31. The molecule has 1 aliphatic heterocycles. The van der Waals surface area contributed by atoms with E-state index in [2.05, 4.69) is 5.32 Å². The zero-order valence-corrected chi connectivity index (χ0v) is 13.5. The van der Waals surface area contributed by atoms with Crippen LogP contribution in [-0.4, -0.2) is 47.4 Å². The van der Waals surface area contributed by atoms with Crippen molar-refractivity contribution in [1.29, 1.82) is 0 Å². The van der Waals surface area contributed by atoms with Crippen LogP contribution in [-0.2, 0) is 20.0 Å². The summed E-state index contributed by atoms with van der Waals surface area (Å²) in [6, 6.07) is 6.31. The first-order valence-electron chi connectivity index (χ1n) is 7.71. The Bertz CT molecular complexity index is 742. The molecule has 3 N–H and O–H groups in total. The largest absolute Gasteiger partial charge is 0.460 e. The van der Waals surface area contributed by atoms with E-state index in [0.717, 1.165) is 0 Å². The number of allylic oxidation sites excluding steroid dienone is 1. The summed E-state index contributed by atoms with van der Waals surface area (Å²) in [6.07, 6.45) is 0. The number of benzene rings is 1. The number of Topliss-reactive ketones (excluding diaryl/α,β-unsaturated/α-hetero) is 1. The van der Waals surface area contributed by atoms with E-state index >= 15 is 0 Å². The molecule has 2 atom stereocenters. The summed E-state index contributed by atoms with van der Waals surface area (Å²) in [7, 11) is 0. The second-order valence-electron chi connectivity index (χ2n) is 5.75. The number of fused-ring (bicyclic) bond motifs is 3. The fourth-order valence-electron chi connectivity index (χ4n) is 3.32. The molecule has 0 saturated carbocycles. The molecule has 128 valence electrons. The Hall–Kier alpha value is -2.22. The number of esters is 1. The normalized spacial score (nSPS) is 27.8. The quantitative estimate of drug-likeness (QED) is 0.523. The molecule has 0 saturated heterocycles. The van der Waals surface area contributed by atoms with Gasteiger partial charge in [0.1, 0.15) is 12.2 Å². The van der Waals surface area contributed by atoms with Crippen molar-refractivity contribution in [2.45, 2.75) is 25.2 Å². The first-order chi connectivity index (χ1) is 11.4. The summed E-state index contributed by atoms with van der Waals surface area (Å²) in [4.78, 5) is 25.1. The van der Waals surface area contributed by atoms with Crippen LogP contribution in [0.1, 0.15) is 29.8 Å². The number of ketones is 1. The van der Waals surface area contributed by atoms with E-state index in [9.17, 15) is 19.8 Å². The van der Waals surface area contributed by atoms with Crippen molar-refractivity contribution in [2.24, 2.45) is 0 Å².